The summed E-state index contributed by atoms with van der Waals surface area (Å²) in [5.41, 5.74) is 3.74. The summed E-state index contributed by atoms with van der Waals surface area (Å²) in [5.74, 6) is 0.967. The minimum atomic E-state index is 0.0485. The van der Waals surface area contributed by atoms with Gasteiger partial charge in [0, 0.05) is 30.6 Å². The topological polar surface area (TPSA) is 47.2 Å². The first kappa shape index (κ1) is 19.1. The van der Waals surface area contributed by atoms with Crippen LogP contribution in [-0.4, -0.2) is 10.5 Å². The first-order valence-electron chi connectivity index (χ1n) is 10.1. The van der Waals surface area contributed by atoms with E-state index in [0.717, 1.165) is 18.6 Å². The quantitative estimate of drug-likeness (QED) is 0.453. The van der Waals surface area contributed by atoms with Crippen molar-refractivity contribution in [3.05, 3.63) is 96.1 Å². The van der Waals surface area contributed by atoms with Gasteiger partial charge in [-0.15, -0.1) is 0 Å². The SMILES string of the molecule is Cn1cc([C@@H](CCc2ccccc2)CC(=O)NCc2ccco2)c2ccccc21. The molecule has 4 rings (SSSR count). The molecule has 0 aliphatic rings. The highest BCUT2D eigenvalue weighted by atomic mass is 16.3. The van der Waals surface area contributed by atoms with Gasteiger partial charge in [0.15, 0.2) is 0 Å². The van der Waals surface area contributed by atoms with Gasteiger partial charge in [0.25, 0.3) is 0 Å². The largest absolute Gasteiger partial charge is 0.467 e. The molecular formula is C25H26N2O2. The Bertz CT molecular complexity index is 1060. The Balaban J connectivity index is 1.53. The third-order valence-corrected chi connectivity index (χ3v) is 5.46. The van der Waals surface area contributed by atoms with E-state index in [-0.39, 0.29) is 11.8 Å². The Hall–Kier alpha value is -3.27. The van der Waals surface area contributed by atoms with Crippen LogP contribution in [0.25, 0.3) is 10.9 Å². The fourth-order valence-corrected chi connectivity index (χ4v) is 3.95. The van der Waals surface area contributed by atoms with Crippen molar-refractivity contribution in [1.82, 2.24) is 9.88 Å². The second-order valence-corrected chi connectivity index (χ2v) is 7.49. The van der Waals surface area contributed by atoms with Gasteiger partial charge in [0.2, 0.25) is 5.91 Å². The lowest BCUT2D eigenvalue weighted by Gasteiger charge is -2.17. The number of rotatable bonds is 8. The molecule has 4 nitrogen and oxygen atoms in total. The molecule has 0 fully saturated rings. The Morgan fingerprint density at radius 3 is 2.62 bits per heavy atom. The first-order chi connectivity index (χ1) is 14.2. The standard InChI is InChI=1S/C25H26N2O2/c1-27-18-23(22-11-5-6-12-24(22)27)20(14-13-19-8-3-2-4-9-19)16-25(28)26-17-21-10-7-15-29-21/h2-12,15,18,20H,13-14,16-17H2,1H3,(H,26,28)/t20-/m0/s1. The van der Waals surface area contributed by atoms with E-state index in [0.29, 0.717) is 13.0 Å². The number of amides is 1. The van der Waals surface area contributed by atoms with Crippen LogP contribution in [0.5, 0.6) is 0 Å². The van der Waals surface area contributed by atoms with E-state index in [2.05, 4.69) is 71.7 Å². The third kappa shape index (κ3) is 4.60. The highest BCUT2D eigenvalue weighted by Gasteiger charge is 2.20. The van der Waals surface area contributed by atoms with Crippen molar-refractivity contribution in [2.45, 2.75) is 31.7 Å². The number of carbonyl (C=O) groups excluding carboxylic acids is 1. The molecule has 0 aliphatic heterocycles. The van der Waals surface area contributed by atoms with E-state index in [1.807, 2.05) is 18.2 Å². The lowest BCUT2D eigenvalue weighted by atomic mass is 9.89. The predicted molar refractivity (Wildman–Crippen MR) is 116 cm³/mol. The summed E-state index contributed by atoms with van der Waals surface area (Å²) in [6, 6.07) is 22.6. The van der Waals surface area contributed by atoms with E-state index in [9.17, 15) is 4.79 Å². The number of aryl methyl sites for hydroxylation is 2. The zero-order valence-corrected chi connectivity index (χ0v) is 16.7. The molecule has 29 heavy (non-hydrogen) atoms. The predicted octanol–water partition coefficient (Wildman–Crippen LogP) is 5.19. The van der Waals surface area contributed by atoms with Crippen LogP contribution < -0.4 is 5.32 Å². The average Bonchev–Trinajstić information content (AvgIpc) is 3.39. The fourth-order valence-electron chi connectivity index (χ4n) is 3.95. The molecule has 0 saturated carbocycles. The van der Waals surface area contributed by atoms with Gasteiger partial charge >= 0.3 is 0 Å². The number of hydrogen-bond acceptors (Lipinski definition) is 2. The lowest BCUT2D eigenvalue weighted by Crippen LogP contribution is -2.24. The Morgan fingerprint density at radius 2 is 1.83 bits per heavy atom. The first-order valence-corrected chi connectivity index (χ1v) is 10.1. The Morgan fingerprint density at radius 1 is 1.03 bits per heavy atom. The highest BCUT2D eigenvalue weighted by Crippen LogP contribution is 2.32. The molecule has 0 aliphatic carbocycles. The number of fused-ring (bicyclic) bond motifs is 1. The van der Waals surface area contributed by atoms with Gasteiger partial charge in [0.05, 0.1) is 12.8 Å². The summed E-state index contributed by atoms with van der Waals surface area (Å²) in [7, 11) is 2.07. The fraction of sp³-hybridized carbons (Fsp3) is 0.240. The van der Waals surface area contributed by atoms with Crippen LogP contribution in [0.1, 0.15) is 35.6 Å². The van der Waals surface area contributed by atoms with Crippen LogP contribution in [0.3, 0.4) is 0 Å². The second-order valence-electron chi connectivity index (χ2n) is 7.49. The molecule has 0 saturated heterocycles. The molecular weight excluding hydrogens is 360 g/mol. The maximum absolute atomic E-state index is 12.7. The maximum atomic E-state index is 12.7. The number of furan rings is 1. The van der Waals surface area contributed by atoms with E-state index in [1.165, 1.54) is 22.0 Å². The number of nitrogens with zero attached hydrogens (tertiary/aromatic N) is 1. The number of aromatic nitrogens is 1. The van der Waals surface area contributed by atoms with Crippen molar-refractivity contribution >= 4 is 16.8 Å². The van der Waals surface area contributed by atoms with Crippen LogP contribution in [0, 0.1) is 0 Å². The van der Waals surface area contributed by atoms with Crippen LogP contribution >= 0.6 is 0 Å². The van der Waals surface area contributed by atoms with Crippen LogP contribution in [0.15, 0.2) is 83.6 Å². The third-order valence-electron chi connectivity index (χ3n) is 5.46. The zero-order valence-electron chi connectivity index (χ0n) is 16.7. The van der Waals surface area contributed by atoms with Gasteiger partial charge in [-0.05, 0) is 48.1 Å². The van der Waals surface area contributed by atoms with Gasteiger partial charge in [-0.1, -0.05) is 48.5 Å². The van der Waals surface area contributed by atoms with Crippen LogP contribution in [-0.2, 0) is 24.8 Å². The molecule has 148 valence electrons. The molecule has 0 radical (unpaired) electrons. The summed E-state index contributed by atoms with van der Waals surface area (Å²) in [6.07, 6.45) is 6.13. The smallest absolute Gasteiger partial charge is 0.220 e. The van der Waals surface area contributed by atoms with Crippen molar-refractivity contribution < 1.29 is 9.21 Å². The van der Waals surface area contributed by atoms with Gasteiger partial charge in [-0.2, -0.15) is 0 Å². The second kappa shape index (κ2) is 8.82. The van der Waals surface area contributed by atoms with Crippen molar-refractivity contribution in [3.63, 3.8) is 0 Å². The maximum Gasteiger partial charge on any atom is 0.220 e. The summed E-state index contributed by atoms with van der Waals surface area (Å²) < 4.78 is 7.48. The van der Waals surface area contributed by atoms with E-state index < -0.39 is 0 Å². The Labute approximate surface area is 171 Å². The molecule has 0 spiro atoms. The van der Waals surface area contributed by atoms with Crippen molar-refractivity contribution in [2.75, 3.05) is 0 Å². The lowest BCUT2D eigenvalue weighted by molar-refractivity contribution is -0.121. The number of benzene rings is 2. The normalized spacial score (nSPS) is 12.2. The monoisotopic (exact) mass is 386 g/mol. The minimum absolute atomic E-state index is 0.0485. The van der Waals surface area contributed by atoms with Crippen LogP contribution in [0.2, 0.25) is 0 Å². The van der Waals surface area contributed by atoms with Crippen molar-refractivity contribution in [2.24, 2.45) is 7.05 Å². The number of carbonyl (C=O) groups is 1. The van der Waals surface area contributed by atoms with Gasteiger partial charge in [0.1, 0.15) is 5.76 Å². The highest BCUT2D eigenvalue weighted by molar-refractivity contribution is 5.85. The van der Waals surface area contributed by atoms with E-state index in [1.54, 1.807) is 6.26 Å². The summed E-state index contributed by atoms with van der Waals surface area (Å²) >= 11 is 0. The number of hydrogen-bond donors (Lipinski definition) is 1. The summed E-state index contributed by atoms with van der Waals surface area (Å²) in [4.78, 5) is 12.7. The molecule has 1 N–H and O–H groups in total. The number of para-hydroxylation sites is 1. The molecule has 4 aromatic rings. The molecule has 4 heteroatoms. The van der Waals surface area contributed by atoms with E-state index >= 15 is 0 Å². The molecule has 0 unspecified atom stereocenters. The van der Waals surface area contributed by atoms with Crippen LogP contribution in [0.4, 0.5) is 0 Å². The van der Waals surface area contributed by atoms with E-state index in [4.69, 9.17) is 4.42 Å². The van der Waals surface area contributed by atoms with Gasteiger partial charge < -0.3 is 14.3 Å². The Kier molecular flexibility index (Phi) is 5.80. The van der Waals surface area contributed by atoms with Crippen molar-refractivity contribution in [3.8, 4) is 0 Å². The molecule has 1 atom stereocenters. The number of nitrogens with one attached hydrogen (secondary N) is 1. The summed E-state index contributed by atoms with van der Waals surface area (Å²) in [6.45, 7) is 0.423. The molecule has 0 bridgehead atoms. The zero-order chi connectivity index (χ0) is 20.1. The average molecular weight is 386 g/mol. The van der Waals surface area contributed by atoms with Crippen molar-refractivity contribution in [1.29, 1.82) is 0 Å². The van der Waals surface area contributed by atoms with Gasteiger partial charge in [-0.3, -0.25) is 4.79 Å². The molecule has 1 amide bonds. The molecule has 2 aromatic heterocycles. The molecule has 2 heterocycles. The summed E-state index contributed by atoms with van der Waals surface area (Å²) in [5, 5.41) is 4.23. The molecule has 2 aromatic carbocycles. The van der Waals surface area contributed by atoms with Gasteiger partial charge in [-0.25, -0.2) is 0 Å². The minimum Gasteiger partial charge on any atom is -0.467 e.